The highest BCUT2D eigenvalue weighted by Gasteiger charge is 2.28. The molecule has 0 radical (unpaired) electrons. The summed E-state index contributed by atoms with van der Waals surface area (Å²) in [5, 5.41) is 9.93. The Morgan fingerprint density at radius 2 is 2.19 bits per heavy atom. The number of nitrogens with zero attached hydrogens (tertiary/aromatic N) is 1. The Morgan fingerprint density at radius 1 is 1.50 bits per heavy atom. The van der Waals surface area contributed by atoms with E-state index < -0.39 is 5.60 Å². The zero-order chi connectivity index (χ0) is 12.2. The monoisotopic (exact) mass is 228 g/mol. The van der Waals surface area contributed by atoms with Gasteiger partial charge in [0.05, 0.1) is 11.6 Å². The highest BCUT2D eigenvalue weighted by molar-refractivity contribution is 5.81. The van der Waals surface area contributed by atoms with Crippen molar-refractivity contribution in [1.82, 2.24) is 4.90 Å². The van der Waals surface area contributed by atoms with Crippen molar-refractivity contribution in [1.29, 1.82) is 0 Å². The van der Waals surface area contributed by atoms with Crippen molar-refractivity contribution in [2.75, 3.05) is 13.1 Å². The number of carbonyl (C=O) groups is 1. The predicted molar refractivity (Wildman–Crippen MR) is 63.9 cm³/mol. The summed E-state index contributed by atoms with van der Waals surface area (Å²) in [6.07, 6.45) is 3.94. The summed E-state index contributed by atoms with van der Waals surface area (Å²) in [6.45, 7) is 5.23. The van der Waals surface area contributed by atoms with Crippen molar-refractivity contribution in [2.45, 2.75) is 57.6 Å². The topological polar surface area (TPSA) is 66.6 Å². The van der Waals surface area contributed by atoms with Crippen LogP contribution < -0.4 is 5.73 Å². The first-order valence-corrected chi connectivity index (χ1v) is 6.23. The average Bonchev–Trinajstić information content (AvgIpc) is 2.39. The van der Waals surface area contributed by atoms with E-state index in [1.807, 2.05) is 18.7 Å². The van der Waals surface area contributed by atoms with Crippen LogP contribution in [0.3, 0.4) is 0 Å². The molecule has 1 heterocycles. The minimum Gasteiger partial charge on any atom is -0.390 e. The summed E-state index contributed by atoms with van der Waals surface area (Å²) in [5.74, 6) is 0.0413. The second-order valence-electron chi connectivity index (χ2n) is 5.07. The zero-order valence-electron chi connectivity index (χ0n) is 10.4. The number of rotatable bonds is 3. The van der Waals surface area contributed by atoms with Gasteiger partial charge in [-0.2, -0.15) is 0 Å². The lowest BCUT2D eigenvalue weighted by Crippen LogP contribution is -2.44. The van der Waals surface area contributed by atoms with Gasteiger partial charge in [-0.15, -0.1) is 0 Å². The van der Waals surface area contributed by atoms with Gasteiger partial charge in [0.1, 0.15) is 0 Å². The number of likely N-dealkylation sites (tertiary alicyclic amines) is 1. The molecule has 4 nitrogen and oxygen atoms in total. The maximum absolute atomic E-state index is 12.0. The molecule has 94 valence electrons. The van der Waals surface area contributed by atoms with Crippen LogP contribution in [0.25, 0.3) is 0 Å². The number of nitrogens with two attached hydrogens (primary N) is 1. The Kier molecular flexibility index (Phi) is 4.74. The van der Waals surface area contributed by atoms with Crippen LogP contribution in [0.4, 0.5) is 0 Å². The Balaban J connectivity index is 2.51. The molecular weight excluding hydrogens is 204 g/mol. The van der Waals surface area contributed by atoms with E-state index in [-0.39, 0.29) is 11.9 Å². The van der Waals surface area contributed by atoms with Gasteiger partial charge < -0.3 is 15.7 Å². The fourth-order valence-electron chi connectivity index (χ4n) is 2.15. The molecular formula is C12H24N2O2. The standard InChI is InChI=1S/C12H24N2O2/c1-3-5-10(13)11(15)14-8-4-6-12(2,16)7-9-14/h10,16H,3-9,13H2,1-2H3/t10-,12?/m0/s1. The third kappa shape index (κ3) is 3.76. The van der Waals surface area contributed by atoms with E-state index in [2.05, 4.69) is 0 Å². The van der Waals surface area contributed by atoms with Gasteiger partial charge in [0.2, 0.25) is 5.91 Å². The second-order valence-corrected chi connectivity index (χ2v) is 5.07. The fourth-order valence-corrected chi connectivity index (χ4v) is 2.15. The first-order chi connectivity index (χ1) is 7.46. The van der Waals surface area contributed by atoms with E-state index in [1.54, 1.807) is 0 Å². The van der Waals surface area contributed by atoms with Crippen LogP contribution in [-0.4, -0.2) is 40.6 Å². The van der Waals surface area contributed by atoms with E-state index in [0.29, 0.717) is 13.0 Å². The molecule has 3 N–H and O–H groups in total. The molecule has 1 rings (SSSR count). The molecule has 0 saturated carbocycles. The van der Waals surface area contributed by atoms with E-state index in [9.17, 15) is 9.90 Å². The molecule has 1 aliphatic heterocycles. The molecule has 0 aliphatic carbocycles. The molecule has 1 fully saturated rings. The number of amides is 1. The van der Waals surface area contributed by atoms with Gasteiger partial charge in [0, 0.05) is 13.1 Å². The molecule has 1 unspecified atom stereocenters. The maximum atomic E-state index is 12.0. The van der Waals surface area contributed by atoms with Crippen LogP contribution in [-0.2, 0) is 4.79 Å². The van der Waals surface area contributed by atoms with Crippen molar-refractivity contribution in [3.63, 3.8) is 0 Å². The molecule has 0 aromatic carbocycles. The van der Waals surface area contributed by atoms with Gasteiger partial charge >= 0.3 is 0 Å². The van der Waals surface area contributed by atoms with Crippen LogP contribution in [0.5, 0.6) is 0 Å². The number of hydrogen-bond acceptors (Lipinski definition) is 3. The van der Waals surface area contributed by atoms with Crippen molar-refractivity contribution in [3.05, 3.63) is 0 Å². The molecule has 0 aromatic rings. The lowest BCUT2D eigenvalue weighted by atomic mass is 9.98. The van der Waals surface area contributed by atoms with Gasteiger partial charge in [-0.1, -0.05) is 13.3 Å². The van der Waals surface area contributed by atoms with Crippen molar-refractivity contribution < 1.29 is 9.90 Å². The quantitative estimate of drug-likeness (QED) is 0.753. The molecule has 4 heteroatoms. The van der Waals surface area contributed by atoms with Gasteiger partial charge in [-0.3, -0.25) is 4.79 Å². The number of carbonyl (C=O) groups excluding carboxylic acids is 1. The normalized spacial score (nSPS) is 28.6. The maximum Gasteiger partial charge on any atom is 0.239 e. The first kappa shape index (κ1) is 13.5. The molecule has 1 saturated heterocycles. The first-order valence-electron chi connectivity index (χ1n) is 6.23. The lowest BCUT2D eigenvalue weighted by Gasteiger charge is -2.25. The minimum absolute atomic E-state index is 0.0413. The Hall–Kier alpha value is -0.610. The zero-order valence-corrected chi connectivity index (χ0v) is 10.4. The molecule has 0 spiro atoms. The second kappa shape index (κ2) is 5.64. The molecule has 2 atom stereocenters. The van der Waals surface area contributed by atoms with Gasteiger partial charge in [-0.25, -0.2) is 0 Å². The Bertz CT molecular complexity index is 241. The summed E-state index contributed by atoms with van der Waals surface area (Å²) < 4.78 is 0. The average molecular weight is 228 g/mol. The summed E-state index contributed by atoms with van der Waals surface area (Å²) in [7, 11) is 0. The number of hydrogen-bond donors (Lipinski definition) is 2. The van der Waals surface area contributed by atoms with Crippen LogP contribution in [0.2, 0.25) is 0 Å². The van der Waals surface area contributed by atoms with Crippen LogP contribution in [0.15, 0.2) is 0 Å². The van der Waals surface area contributed by atoms with Gasteiger partial charge in [0.15, 0.2) is 0 Å². The summed E-state index contributed by atoms with van der Waals surface area (Å²) in [5.41, 5.74) is 5.20. The summed E-state index contributed by atoms with van der Waals surface area (Å²) in [6, 6.07) is -0.368. The van der Waals surface area contributed by atoms with E-state index >= 15 is 0 Å². The van der Waals surface area contributed by atoms with Crippen LogP contribution in [0.1, 0.15) is 46.0 Å². The third-order valence-corrected chi connectivity index (χ3v) is 3.29. The number of aliphatic hydroxyl groups is 1. The smallest absolute Gasteiger partial charge is 0.239 e. The summed E-state index contributed by atoms with van der Waals surface area (Å²) in [4.78, 5) is 13.8. The minimum atomic E-state index is -0.621. The molecule has 16 heavy (non-hydrogen) atoms. The summed E-state index contributed by atoms with van der Waals surface area (Å²) >= 11 is 0. The fraction of sp³-hybridized carbons (Fsp3) is 0.917. The van der Waals surface area contributed by atoms with E-state index in [0.717, 1.165) is 32.2 Å². The lowest BCUT2D eigenvalue weighted by molar-refractivity contribution is -0.132. The predicted octanol–water partition coefficient (Wildman–Crippen LogP) is 0.877. The highest BCUT2D eigenvalue weighted by Crippen LogP contribution is 2.21. The van der Waals surface area contributed by atoms with Gasteiger partial charge in [0.25, 0.3) is 0 Å². The van der Waals surface area contributed by atoms with Crippen molar-refractivity contribution >= 4 is 5.91 Å². The molecule has 1 aliphatic rings. The van der Waals surface area contributed by atoms with E-state index in [1.165, 1.54) is 0 Å². The Labute approximate surface area is 97.8 Å². The SMILES string of the molecule is CCC[C@H](N)C(=O)N1CCCC(C)(O)CC1. The molecule has 0 aromatic heterocycles. The molecule has 1 amide bonds. The van der Waals surface area contributed by atoms with Crippen LogP contribution in [0, 0.1) is 0 Å². The molecule has 0 bridgehead atoms. The third-order valence-electron chi connectivity index (χ3n) is 3.29. The van der Waals surface area contributed by atoms with Crippen molar-refractivity contribution in [3.8, 4) is 0 Å². The largest absolute Gasteiger partial charge is 0.390 e. The Morgan fingerprint density at radius 3 is 2.81 bits per heavy atom. The highest BCUT2D eigenvalue weighted by atomic mass is 16.3. The van der Waals surface area contributed by atoms with Gasteiger partial charge in [-0.05, 0) is 32.6 Å². The van der Waals surface area contributed by atoms with E-state index in [4.69, 9.17) is 5.73 Å². The van der Waals surface area contributed by atoms with Crippen LogP contribution >= 0.6 is 0 Å². The van der Waals surface area contributed by atoms with Crippen molar-refractivity contribution in [2.24, 2.45) is 5.73 Å².